The topological polar surface area (TPSA) is 82.1 Å². The van der Waals surface area contributed by atoms with Gasteiger partial charge in [-0.15, -0.1) is 0 Å². The molecule has 0 amide bonds. The first-order valence-electron chi connectivity index (χ1n) is 11.0. The molecule has 0 aliphatic carbocycles. The zero-order chi connectivity index (χ0) is 22.8. The van der Waals surface area contributed by atoms with Crippen molar-refractivity contribution in [1.29, 1.82) is 0 Å². The van der Waals surface area contributed by atoms with Crippen molar-refractivity contribution in [2.75, 3.05) is 12.3 Å². The summed E-state index contributed by atoms with van der Waals surface area (Å²) in [6.07, 6.45) is 5.48. The number of nitrogen functional groups attached to an aromatic ring is 1. The summed E-state index contributed by atoms with van der Waals surface area (Å²) in [4.78, 5) is 11.0. The maximum Gasteiger partial charge on any atom is 0.164 e. The first kappa shape index (κ1) is 20.8. The Balaban J connectivity index is 1.47. The van der Waals surface area contributed by atoms with Crippen LogP contribution in [0, 0.1) is 0 Å². The van der Waals surface area contributed by atoms with Crippen LogP contribution in [0.3, 0.4) is 0 Å². The number of nitrogens with two attached hydrogens (primary N) is 1. The highest BCUT2D eigenvalue weighted by Gasteiger charge is 2.27. The summed E-state index contributed by atoms with van der Waals surface area (Å²) in [7, 11) is 0. The number of ether oxygens (including phenoxy) is 1. The summed E-state index contributed by atoms with van der Waals surface area (Å²) < 4.78 is 7.86. The van der Waals surface area contributed by atoms with Crippen LogP contribution < -0.4 is 10.5 Å². The quantitative estimate of drug-likeness (QED) is 0.408. The number of aromatic nitrogens is 4. The Kier molecular flexibility index (Phi) is 5.52. The second-order valence-electron chi connectivity index (χ2n) is 8.11. The third-order valence-corrected chi connectivity index (χ3v) is 6.03. The van der Waals surface area contributed by atoms with Gasteiger partial charge in [0.25, 0.3) is 0 Å². The third kappa shape index (κ3) is 4.05. The normalized spacial score (nSPS) is 15.6. The molecule has 33 heavy (non-hydrogen) atoms. The van der Waals surface area contributed by atoms with E-state index < -0.39 is 0 Å². The van der Waals surface area contributed by atoms with Gasteiger partial charge in [0.05, 0.1) is 11.9 Å². The molecule has 7 nitrogen and oxygen atoms in total. The van der Waals surface area contributed by atoms with Crippen LogP contribution >= 0.6 is 0 Å². The number of benzene rings is 2. The summed E-state index contributed by atoms with van der Waals surface area (Å²) in [5.41, 5.74) is 9.65. The highest BCUT2D eigenvalue weighted by Crippen LogP contribution is 2.33. The monoisotopic (exact) mass is 438 g/mol. The van der Waals surface area contributed by atoms with Crippen molar-refractivity contribution in [1.82, 2.24) is 24.6 Å². The lowest BCUT2D eigenvalue weighted by molar-refractivity contribution is 0.294. The Morgan fingerprint density at radius 3 is 2.61 bits per heavy atom. The second kappa shape index (κ2) is 8.78. The van der Waals surface area contributed by atoms with Gasteiger partial charge in [0.2, 0.25) is 0 Å². The first-order valence-corrected chi connectivity index (χ1v) is 11.0. The smallest absolute Gasteiger partial charge is 0.164 e. The Bertz CT molecular complexity index is 1300. The minimum Gasteiger partial charge on any atom is -0.457 e. The Labute approximate surface area is 192 Å². The number of allylic oxidation sites excluding steroid dienone is 1. The van der Waals surface area contributed by atoms with Crippen molar-refractivity contribution < 1.29 is 4.74 Å². The number of nitrogens with zero attached hydrogens (tertiary/aromatic N) is 5. The standard InChI is InChI=1S/C26H26N6O/c1-3-18(2)31-15-7-8-20(31)16-32-26-23(25(27)28-17-29-26)24(30-32)19-11-13-22(14-12-19)33-21-9-5-4-6-10-21/h3-6,9-14,17,20H,1-2,7-8,15-16H2,(H2,27,28,29)/t20-/m0/s1. The van der Waals surface area contributed by atoms with E-state index in [4.69, 9.17) is 15.6 Å². The SMILES string of the molecule is C=CC(=C)N1CCC[C@H]1Cn1nc(-c2ccc(Oc3ccccc3)cc2)c2c(N)ncnc21. The van der Waals surface area contributed by atoms with Crippen molar-refractivity contribution in [3.63, 3.8) is 0 Å². The number of likely N-dealkylation sites (tertiary alicyclic amines) is 1. The van der Waals surface area contributed by atoms with Crippen LogP contribution in [-0.2, 0) is 6.54 Å². The van der Waals surface area contributed by atoms with E-state index in [1.807, 2.05) is 65.4 Å². The van der Waals surface area contributed by atoms with Crippen LogP contribution in [0.4, 0.5) is 5.82 Å². The molecule has 0 radical (unpaired) electrons. The molecule has 0 unspecified atom stereocenters. The minimum absolute atomic E-state index is 0.282. The fourth-order valence-corrected chi connectivity index (χ4v) is 4.39. The first-order chi connectivity index (χ1) is 16.1. The zero-order valence-corrected chi connectivity index (χ0v) is 18.4. The van der Waals surface area contributed by atoms with E-state index in [1.54, 1.807) is 0 Å². The lowest BCUT2D eigenvalue weighted by Gasteiger charge is -2.27. The number of para-hydroxylation sites is 1. The lowest BCUT2D eigenvalue weighted by atomic mass is 10.1. The molecule has 1 aliphatic rings. The third-order valence-electron chi connectivity index (χ3n) is 6.03. The lowest BCUT2D eigenvalue weighted by Crippen LogP contribution is -2.31. The van der Waals surface area contributed by atoms with Crippen molar-refractivity contribution in [3.05, 3.63) is 85.9 Å². The van der Waals surface area contributed by atoms with Gasteiger partial charge in [-0.2, -0.15) is 5.10 Å². The molecule has 5 rings (SSSR count). The van der Waals surface area contributed by atoms with E-state index in [0.29, 0.717) is 12.4 Å². The fraction of sp³-hybridized carbons (Fsp3) is 0.192. The molecule has 2 aromatic carbocycles. The van der Waals surface area contributed by atoms with Gasteiger partial charge in [0, 0.05) is 23.8 Å². The van der Waals surface area contributed by atoms with Crippen molar-refractivity contribution >= 4 is 16.9 Å². The van der Waals surface area contributed by atoms with Gasteiger partial charge in [-0.3, -0.25) is 0 Å². The second-order valence-corrected chi connectivity index (χ2v) is 8.11. The molecule has 7 heteroatoms. The predicted octanol–water partition coefficient (Wildman–Crippen LogP) is 5.03. The van der Waals surface area contributed by atoms with Gasteiger partial charge in [-0.1, -0.05) is 31.4 Å². The summed E-state index contributed by atoms with van der Waals surface area (Å²) in [5, 5.41) is 5.69. The summed E-state index contributed by atoms with van der Waals surface area (Å²) in [5.74, 6) is 1.96. The van der Waals surface area contributed by atoms with Gasteiger partial charge in [-0.05, 0) is 55.3 Å². The van der Waals surface area contributed by atoms with E-state index in [-0.39, 0.29) is 6.04 Å². The van der Waals surface area contributed by atoms with Gasteiger partial charge in [-0.25, -0.2) is 14.6 Å². The predicted molar refractivity (Wildman–Crippen MR) is 131 cm³/mol. The Morgan fingerprint density at radius 2 is 1.85 bits per heavy atom. The Morgan fingerprint density at radius 1 is 1.09 bits per heavy atom. The van der Waals surface area contributed by atoms with Crippen LogP contribution in [0.25, 0.3) is 22.3 Å². The molecular formula is C26H26N6O. The molecule has 2 aromatic heterocycles. The van der Waals surface area contributed by atoms with E-state index in [0.717, 1.165) is 58.9 Å². The zero-order valence-electron chi connectivity index (χ0n) is 18.4. The number of hydrogen-bond acceptors (Lipinski definition) is 6. The number of rotatable bonds is 7. The van der Waals surface area contributed by atoms with Gasteiger partial charge in [0.15, 0.2) is 5.65 Å². The molecule has 0 saturated carbocycles. The van der Waals surface area contributed by atoms with E-state index in [1.165, 1.54) is 6.33 Å². The van der Waals surface area contributed by atoms with Crippen LogP contribution in [0.2, 0.25) is 0 Å². The maximum absolute atomic E-state index is 6.28. The Hall–Kier alpha value is -4.13. The molecule has 1 atom stereocenters. The number of hydrogen-bond donors (Lipinski definition) is 1. The van der Waals surface area contributed by atoms with Crippen molar-refractivity contribution in [3.8, 4) is 22.8 Å². The molecule has 1 aliphatic heterocycles. The minimum atomic E-state index is 0.282. The summed E-state index contributed by atoms with van der Waals surface area (Å²) in [6, 6.07) is 17.8. The van der Waals surface area contributed by atoms with Gasteiger partial charge in [0.1, 0.15) is 29.3 Å². The molecule has 0 bridgehead atoms. The highest BCUT2D eigenvalue weighted by atomic mass is 16.5. The van der Waals surface area contributed by atoms with Crippen LogP contribution in [0.1, 0.15) is 12.8 Å². The van der Waals surface area contributed by atoms with Crippen LogP contribution in [-0.4, -0.2) is 37.2 Å². The summed E-state index contributed by atoms with van der Waals surface area (Å²) >= 11 is 0. The van der Waals surface area contributed by atoms with Crippen LogP contribution in [0.5, 0.6) is 11.5 Å². The van der Waals surface area contributed by atoms with Crippen molar-refractivity contribution in [2.24, 2.45) is 0 Å². The van der Waals surface area contributed by atoms with E-state index in [9.17, 15) is 0 Å². The molecular weight excluding hydrogens is 412 g/mol. The maximum atomic E-state index is 6.28. The van der Waals surface area contributed by atoms with E-state index >= 15 is 0 Å². The van der Waals surface area contributed by atoms with Crippen LogP contribution in [0.15, 0.2) is 85.9 Å². The average molecular weight is 439 g/mol. The molecule has 0 spiro atoms. The molecule has 166 valence electrons. The molecule has 2 N–H and O–H groups in total. The van der Waals surface area contributed by atoms with Gasteiger partial charge < -0.3 is 15.4 Å². The van der Waals surface area contributed by atoms with Gasteiger partial charge >= 0.3 is 0 Å². The summed E-state index contributed by atoms with van der Waals surface area (Å²) in [6.45, 7) is 9.67. The molecule has 4 aromatic rings. The number of fused-ring (bicyclic) bond motifs is 1. The van der Waals surface area contributed by atoms with E-state index in [2.05, 4.69) is 28.0 Å². The largest absolute Gasteiger partial charge is 0.457 e. The molecule has 1 saturated heterocycles. The fourth-order valence-electron chi connectivity index (χ4n) is 4.39. The molecule has 3 heterocycles. The number of anilines is 1. The van der Waals surface area contributed by atoms with Crippen molar-refractivity contribution in [2.45, 2.75) is 25.4 Å². The molecule has 1 fully saturated rings. The average Bonchev–Trinajstić information content (AvgIpc) is 3.46. The highest BCUT2D eigenvalue weighted by molar-refractivity contribution is 5.98.